The van der Waals surface area contributed by atoms with Gasteiger partial charge in [0.2, 0.25) is 5.76 Å². The Morgan fingerprint density at radius 1 is 1.05 bits per heavy atom. The molecule has 0 aromatic rings. The summed E-state index contributed by atoms with van der Waals surface area (Å²) < 4.78 is 41.3. The van der Waals surface area contributed by atoms with Crippen molar-refractivity contribution in [2.45, 2.75) is 162 Å². The molecule has 3 heterocycles. The van der Waals surface area contributed by atoms with E-state index in [1.54, 1.807) is 58.1 Å². The average Bonchev–Trinajstić information content (AvgIpc) is 3.18. The van der Waals surface area contributed by atoms with Crippen molar-refractivity contribution in [3.63, 3.8) is 0 Å². The summed E-state index contributed by atoms with van der Waals surface area (Å²) in [5, 5.41) is 57.6. The summed E-state index contributed by atoms with van der Waals surface area (Å²) in [6.07, 6.45) is 1.54. The van der Waals surface area contributed by atoms with Crippen LogP contribution in [0.2, 0.25) is 0 Å². The molecule has 0 aromatic heterocycles. The van der Waals surface area contributed by atoms with Crippen LogP contribution >= 0.6 is 0 Å². The lowest BCUT2D eigenvalue weighted by Gasteiger charge is -2.49. The first-order chi connectivity index (χ1) is 28.1. The van der Waals surface area contributed by atoms with E-state index in [0.29, 0.717) is 12.0 Å². The van der Waals surface area contributed by atoms with Crippen LogP contribution < -0.4 is 5.73 Å². The predicted molar refractivity (Wildman–Crippen MR) is 224 cm³/mol. The molecule has 1 amide bonds. The van der Waals surface area contributed by atoms with Crippen molar-refractivity contribution in [1.29, 1.82) is 0 Å². The third-order valence-corrected chi connectivity index (χ3v) is 12.5. The number of hydrogen-bond donors (Lipinski definition) is 6. The van der Waals surface area contributed by atoms with E-state index in [1.165, 1.54) is 20.3 Å². The number of rotatable bonds is 10. The summed E-state index contributed by atoms with van der Waals surface area (Å²) in [6.45, 7) is 18.0. The van der Waals surface area contributed by atoms with Crippen molar-refractivity contribution in [2.24, 2.45) is 41.2 Å². The molecular weight excluding hydrogens is 778 g/mol. The Morgan fingerprint density at radius 3 is 2.30 bits per heavy atom. The van der Waals surface area contributed by atoms with E-state index in [0.717, 1.165) is 5.57 Å². The largest absolute Gasteiger partial charge is 0.490 e. The lowest BCUT2D eigenvalue weighted by molar-refractivity contribution is -0.338. The number of nitrogens with two attached hydrogens (primary N) is 1. The molecule has 15 nitrogen and oxygen atoms in total. The van der Waals surface area contributed by atoms with E-state index in [1.807, 2.05) is 47.6 Å². The number of amides is 1. The van der Waals surface area contributed by atoms with Crippen LogP contribution in [-0.2, 0) is 38.0 Å². The van der Waals surface area contributed by atoms with Gasteiger partial charge in [-0.15, -0.1) is 0 Å². The lowest BCUT2D eigenvalue weighted by Crippen LogP contribution is -2.59. The van der Waals surface area contributed by atoms with Crippen LogP contribution in [0.3, 0.4) is 0 Å². The highest BCUT2D eigenvalue weighted by atomic mass is 16.7. The summed E-state index contributed by atoms with van der Waals surface area (Å²) >= 11 is 0. The van der Waals surface area contributed by atoms with Gasteiger partial charge in [-0.1, -0.05) is 89.1 Å². The maximum absolute atomic E-state index is 13.9. The molecule has 7 N–H and O–H groups in total. The van der Waals surface area contributed by atoms with Gasteiger partial charge in [0.1, 0.15) is 12.2 Å². The molecule has 3 aliphatic heterocycles. The van der Waals surface area contributed by atoms with E-state index >= 15 is 0 Å². The molecule has 10 unspecified atom stereocenters. The smallest absolute Gasteiger partial charge is 0.404 e. The molecule has 2 fully saturated rings. The number of carbonyl (C=O) groups excluding carboxylic acids is 2. The van der Waals surface area contributed by atoms with Gasteiger partial charge in [0.15, 0.2) is 18.2 Å². The van der Waals surface area contributed by atoms with Crippen LogP contribution in [-0.4, -0.2) is 125 Å². The van der Waals surface area contributed by atoms with Gasteiger partial charge in [0.25, 0.3) is 0 Å². The van der Waals surface area contributed by atoms with Crippen LogP contribution in [0.1, 0.15) is 88.5 Å². The molecule has 342 valence electrons. The summed E-state index contributed by atoms with van der Waals surface area (Å²) in [4.78, 5) is 25.3. The second kappa shape index (κ2) is 22.8. The maximum atomic E-state index is 13.9. The Kier molecular flexibility index (Phi) is 19.5. The monoisotopic (exact) mass is 852 g/mol. The number of aliphatic hydroxyl groups is 5. The highest BCUT2D eigenvalue weighted by Crippen LogP contribution is 2.42. The van der Waals surface area contributed by atoms with Crippen LogP contribution in [0.25, 0.3) is 0 Å². The zero-order chi connectivity index (χ0) is 45.2. The Morgan fingerprint density at radius 2 is 1.72 bits per heavy atom. The Bertz CT molecular complexity index is 1550. The molecule has 0 spiro atoms. The van der Waals surface area contributed by atoms with Crippen molar-refractivity contribution < 1.29 is 68.3 Å². The number of aliphatic hydroxyl groups excluding tert-OH is 4. The molecule has 2 saturated heterocycles. The van der Waals surface area contributed by atoms with Gasteiger partial charge in [-0.05, 0) is 46.1 Å². The molecule has 3 aliphatic rings. The van der Waals surface area contributed by atoms with E-state index in [-0.39, 0.29) is 36.4 Å². The normalized spacial score (nSPS) is 42.7. The van der Waals surface area contributed by atoms with Gasteiger partial charge in [-0.2, -0.15) is 0 Å². The zero-order valence-corrected chi connectivity index (χ0v) is 37.5. The summed E-state index contributed by atoms with van der Waals surface area (Å²) in [5.41, 5.74) is 6.76. The first-order valence-corrected chi connectivity index (χ1v) is 21.1. The number of allylic oxidation sites excluding steroid dienone is 6. The topological polar surface area (TPSA) is 226 Å². The number of carbonyl (C=O) groups is 2. The summed E-state index contributed by atoms with van der Waals surface area (Å²) in [7, 11) is 2.80. The van der Waals surface area contributed by atoms with Gasteiger partial charge in [-0.25, -0.2) is 9.59 Å². The van der Waals surface area contributed by atoms with E-state index in [2.05, 4.69) is 0 Å². The molecule has 0 saturated carbocycles. The first kappa shape index (κ1) is 51.2. The zero-order valence-electron chi connectivity index (χ0n) is 37.5. The minimum atomic E-state index is -1.97. The Balaban J connectivity index is 1.99. The predicted octanol–water partition coefficient (Wildman–Crippen LogP) is 4.59. The third kappa shape index (κ3) is 13.2. The first-order valence-electron chi connectivity index (χ1n) is 21.1. The van der Waals surface area contributed by atoms with Gasteiger partial charge >= 0.3 is 12.1 Å². The second-order valence-electron chi connectivity index (χ2n) is 17.3. The number of ether oxygens (including phenoxy) is 7. The Labute approximate surface area is 356 Å². The van der Waals surface area contributed by atoms with Crippen molar-refractivity contribution in [2.75, 3.05) is 14.2 Å². The number of cyclic esters (lactones) is 1. The number of esters is 1. The van der Waals surface area contributed by atoms with Gasteiger partial charge in [-0.3, -0.25) is 0 Å². The fourth-order valence-corrected chi connectivity index (χ4v) is 8.64. The summed E-state index contributed by atoms with van der Waals surface area (Å²) in [5.74, 6) is -6.06. The lowest BCUT2D eigenvalue weighted by atomic mass is 9.77. The minimum absolute atomic E-state index is 0.0314. The van der Waals surface area contributed by atoms with Crippen molar-refractivity contribution in [3.8, 4) is 0 Å². The molecule has 3 rings (SSSR count). The van der Waals surface area contributed by atoms with Crippen LogP contribution in [0.5, 0.6) is 0 Å². The van der Waals surface area contributed by atoms with E-state index in [4.69, 9.17) is 38.9 Å². The number of primary amides is 1. The van der Waals surface area contributed by atoms with E-state index < -0.39 is 103 Å². The molecule has 0 radical (unpaired) electrons. The highest BCUT2D eigenvalue weighted by Gasteiger charge is 2.52. The molecule has 0 aromatic carbocycles. The SMILES string of the molecule is C/C=C/[C@H]1O[C@](O)(C(C)C(O)C(C)C2OC(=O)/C(OC)=C/C(C)=C/C(C)C(O)C(C)C(O)C(C)C/C(C)=C/C=C/C2OC)C[C@@H](O[C@H]2C[C@@H](O)[C@H](OC(N)=O)[C@@H](C)O2)[C@@H]1C. The highest BCUT2D eigenvalue weighted by molar-refractivity contribution is 5.87. The molecule has 15 heteroatoms. The van der Waals surface area contributed by atoms with Gasteiger partial charge < -0.3 is 64.4 Å². The van der Waals surface area contributed by atoms with Crippen molar-refractivity contribution in [1.82, 2.24) is 0 Å². The Hall–Kier alpha value is -3.12. The maximum Gasteiger partial charge on any atom is 0.404 e. The van der Waals surface area contributed by atoms with Crippen LogP contribution in [0, 0.1) is 35.5 Å². The van der Waals surface area contributed by atoms with Crippen LogP contribution in [0.4, 0.5) is 4.79 Å². The minimum Gasteiger partial charge on any atom is -0.490 e. The third-order valence-electron chi connectivity index (χ3n) is 12.5. The molecule has 60 heavy (non-hydrogen) atoms. The molecular formula is C45H73NO14. The summed E-state index contributed by atoms with van der Waals surface area (Å²) in [6, 6.07) is 0. The number of methoxy groups -OCH3 is 2. The van der Waals surface area contributed by atoms with Gasteiger partial charge in [0.05, 0.1) is 49.8 Å². The quantitative estimate of drug-likeness (QED) is 0.131. The molecule has 18 atom stereocenters. The van der Waals surface area contributed by atoms with Crippen molar-refractivity contribution in [3.05, 3.63) is 59.4 Å². The fourth-order valence-electron chi connectivity index (χ4n) is 8.64. The van der Waals surface area contributed by atoms with Crippen molar-refractivity contribution >= 4 is 12.1 Å². The standard InChI is InChI=1S/C45H73NO14/c1-13-15-33-27(6)36(57-37-21-32(47)42(31(10)56-37)59-44(46)52)22-45(53,60-33)30(9)40(50)29(8)41-34(54-11)17-14-16-23(2)18-25(4)38(48)28(7)39(49)26(5)19-24(3)20-35(55-12)43(51)58-41/h13-17,19-20,25-34,36-42,47-50,53H,18,21-22H2,1-12H3,(H2,46,52)/b15-13+,17-14+,23-16+,24-19+,35-20-/t25?,26?,27-,28?,29?,30?,31-,32-,33-,34?,36-,37+,38?,39?,40?,41?,42-,45+/m1/s1. The van der Waals surface area contributed by atoms with Crippen LogP contribution in [0.15, 0.2) is 59.4 Å². The molecule has 0 aliphatic carbocycles. The average molecular weight is 852 g/mol. The second-order valence-corrected chi connectivity index (χ2v) is 17.3. The fraction of sp³-hybridized carbons (Fsp3) is 0.733. The molecule has 0 bridgehead atoms. The number of hydrogen-bond acceptors (Lipinski definition) is 14. The van der Waals surface area contributed by atoms with Gasteiger partial charge in [0, 0.05) is 49.5 Å². The van der Waals surface area contributed by atoms with E-state index in [9.17, 15) is 35.1 Å².